The number of nitrogens with zero attached hydrogens (tertiary/aromatic N) is 1. The molecular formula is C10H19Cl2NO3. The van der Waals surface area contributed by atoms with E-state index in [1.807, 2.05) is 13.8 Å². The monoisotopic (exact) mass is 271 g/mol. The van der Waals surface area contributed by atoms with E-state index in [2.05, 4.69) is 0 Å². The summed E-state index contributed by atoms with van der Waals surface area (Å²) in [5.41, 5.74) is 0. The number of rotatable bonds is 9. The lowest BCUT2D eigenvalue weighted by Gasteiger charge is -2.22. The van der Waals surface area contributed by atoms with Crippen molar-refractivity contribution in [1.29, 1.82) is 0 Å². The van der Waals surface area contributed by atoms with Crippen molar-refractivity contribution in [3.05, 3.63) is 0 Å². The summed E-state index contributed by atoms with van der Waals surface area (Å²) in [4.78, 5) is 12.1. The van der Waals surface area contributed by atoms with Crippen LogP contribution in [0.25, 0.3) is 0 Å². The average molecular weight is 272 g/mol. The molecule has 96 valence electrons. The van der Waals surface area contributed by atoms with E-state index in [1.165, 1.54) is 0 Å². The molecule has 0 atom stereocenters. The van der Waals surface area contributed by atoms with Crippen molar-refractivity contribution in [2.24, 2.45) is 0 Å². The Bertz CT molecular complexity index is 181. The van der Waals surface area contributed by atoms with Crippen LogP contribution >= 0.6 is 23.2 Å². The fourth-order valence-corrected chi connectivity index (χ4v) is 1.38. The lowest BCUT2D eigenvalue weighted by atomic mass is 10.4. The lowest BCUT2D eigenvalue weighted by Crippen LogP contribution is -2.39. The van der Waals surface area contributed by atoms with Gasteiger partial charge in [-0.2, -0.15) is 0 Å². The summed E-state index contributed by atoms with van der Waals surface area (Å²) in [6, 6.07) is 0. The Kier molecular flexibility index (Phi) is 10.1. The zero-order valence-electron chi connectivity index (χ0n) is 9.75. The van der Waals surface area contributed by atoms with Crippen molar-refractivity contribution in [3.8, 4) is 0 Å². The van der Waals surface area contributed by atoms with E-state index in [4.69, 9.17) is 32.7 Å². The minimum Gasteiger partial charge on any atom is -0.380 e. The standard InChI is InChI=1S/C10H19Cl2NO3/c1-3-15-7-5-13(6-8-16-4-2)10(14)9(11)12/h9H,3-8H2,1-2H3. The molecule has 0 spiro atoms. The van der Waals surface area contributed by atoms with Gasteiger partial charge in [-0.15, -0.1) is 0 Å². The first-order valence-electron chi connectivity index (χ1n) is 5.35. The molecule has 0 fully saturated rings. The Morgan fingerprint density at radius 3 is 1.88 bits per heavy atom. The van der Waals surface area contributed by atoms with Crippen LogP contribution < -0.4 is 0 Å². The maximum atomic E-state index is 11.6. The minimum absolute atomic E-state index is 0.303. The summed E-state index contributed by atoms with van der Waals surface area (Å²) in [6.45, 7) is 6.98. The highest BCUT2D eigenvalue weighted by Crippen LogP contribution is 2.07. The SMILES string of the molecule is CCOCCN(CCOCC)C(=O)C(Cl)Cl. The van der Waals surface area contributed by atoms with E-state index in [-0.39, 0.29) is 5.91 Å². The third-order valence-electron chi connectivity index (χ3n) is 1.92. The van der Waals surface area contributed by atoms with Gasteiger partial charge in [0.15, 0.2) is 4.84 Å². The van der Waals surface area contributed by atoms with Crippen LogP contribution in [0.5, 0.6) is 0 Å². The predicted molar refractivity (Wildman–Crippen MR) is 65.1 cm³/mol. The van der Waals surface area contributed by atoms with Crippen molar-refractivity contribution in [1.82, 2.24) is 4.90 Å². The maximum absolute atomic E-state index is 11.6. The average Bonchev–Trinajstić information content (AvgIpc) is 2.26. The number of amides is 1. The van der Waals surface area contributed by atoms with Crippen LogP contribution in [0, 0.1) is 0 Å². The summed E-state index contributed by atoms with van der Waals surface area (Å²) < 4.78 is 10.4. The number of hydrogen-bond acceptors (Lipinski definition) is 3. The largest absolute Gasteiger partial charge is 0.380 e. The molecule has 0 bridgehead atoms. The number of halogens is 2. The molecule has 6 heteroatoms. The van der Waals surface area contributed by atoms with Gasteiger partial charge in [0.1, 0.15) is 0 Å². The number of hydrogen-bond donors (Lipinski definition) is 0. The molecule has 0 rings (SSSR count). The summed E-state index contributed by atoms with van der Waals surface area (Å²) in [5, 5.41) is 0. The van der Waals surface area contributed by atoms with Gasteiger partial charge in [-0.1, -0.05) is 23.2 Å². The third kappa shape index (κ3) is 7.28. The molecule has 0 aromatic carbocycles. The van der Waals surface area contributed by atoms with Crippen LogP contribution in [0.1, 0.15) is 13.8 Å². The molecule has 1 amide bonds. The third-order valence-corrected chi connectivity index (χ3v) is 2.29. The fourth-order valence-electron chi connectivity index (χ4n) is 1.11. The molecule has 0 unspecified atom stereocenters. The number of carbonyl (C=O) groups is 1. The summed E-state index contributed by atoms with van der Waals surface area (Å²) >= 11 is 11.1. The smallest absolute Gasteiger partial charge is 0.256 e. The van der Waals surface area contributed by atoms with E-state index in [1.54, 1.807) is 4.90 Å². The summed E-state index contributed by atoms with van der Waals surface area (Å²) in [6.07, 6.45) is 0. The molecular weight excluding hydrogens is 253 g/mol. The molecule has 0 radical (unpaired) electrons. The minimum atomic E-state index is -1.02. The Hall–Kier alpha value is -0.0300. The molecule has 0 heterocycles. The lowest BCUT2D eigenvalue weighted by molar-refractivity contribution is -0.130. The van der Waals surface area contributed by atoms with E-state index in [9.17, 15) is 4.79 Å². The van der Waals surface area contributed by atoms with Gasteiger partial charge in [0.25, 0.3) is 5.91 Å². The first-order chi connectivity index (χ1) is 7.63. The van der Waals surface area contributed by atoms with Gasteiger partial charge in [0.05, 0.1) is 13.2 Å². The first-order valence-corrected chi connectivity index (χ1v) is 6.23. The van der Waals surface area contributed by atoms with Gasteiger partial charge < -0.3 is 14.4 Å². The number of carbonyl (C=O) groups excluding carboxylic acids is 1. The molecule has 0 aliphatic rings. The van der Waals surface area contributed by atoms with E-state index >= 15 is 0 Å². The fraction of sp³-hybridized carbons (Fsp3) is 0.900. The van der Waals surface area contributed by atoms with Gasteiger partial charge in [-0.3, -0.25) is 4.79 Å². The molecule has 0 aliphatic heterocycles. The van der Waals surface area contributed by atoms with Gasteiger partial charge >= 0.3 is 0 Å². The van der Waals surface area contributed by atoms with Crippen LogP contribution in [-0.4, -0.2) is 55.2 Å². The van der Waals surface area contributed by atoms with Crippen molar-refractivity contribution in [2.75, 3.05) is 39.5 Å². The molecule has 0 saturated heterocycles. The Morgan fingerprint density at radius 2 is 1.56 bits per heavy atom. The molecule has 0 saturated carbocycles. The van der Waals surface area contributed by atoms with Crippen LogP contribution in [0.3, 0.4) is 0 Å². The molecule has 0 N–H and O–H groups in total. The van der Waals surface area contributed by atoms with Crippen LogP contribution in [0.15, 0.2) is 0 Å². The Balaban J connectivity index is 4.00. The number of ether oxygens (including phenoxy) is 2. The molecule has 0 aliphatic carbocycles. The van der Waals surface area contributed by atoms with Crippen molar-refractivity contribution in [2.45, 2.75) is 18.7 Å². The number of alkyl halides is 2. The normalized spacial score (nSPS) is 10.8. The summed E-state index contributed by atoms with van der Waals surface area (Å²) in [7, 11) is 0. The van der Waals surface area contributed by atoms with Gasteiger partial charge in [0, 0.05) is 26.3 Å². The predicted octanol–water partition coefficient (Wildman–Crippen LogP) is 1.69. The van der Waals surface area contributed by atoms with Crippen LogP contribution in [-0.2, 0) is 14.3 Å². The molecule has 0 aromatic heterocycles. The maximum Gasteiger partial charge on any atom is 0.256 e. The first kappa shape index (κ1) is 16.0. The van der Waals surface area contributed by atoms with E-state index < -0.39 is 4.84 Å². The van der Waals surface area contributed by atoms with Crippen molar-refractivity contribution < 1.29 is 14.3 Å². The highest BCUT2D eigenvalue weighted by molar-refractivity contribution is 6.53. The summed E-state index contributed by atoms with van der Waals surface area (Å²) in [5.74, 6) is -0.303. The zero-order chi connectivity index (χ0) is 12.4. The van der Waals surface area contributed by atoms with Gasteiger partial charge in [-0.05, 0) is 13.8 Å². The Labute approximate surface area is 107 Å². The van der Waals surface area contributed by atoms with E-state index in [0.717, 1.165) is 0 Å². The van der Waals surface area contributed by atoms with E-state index in [0.29, 0.717) is 39.5 Å². The second kappa shape index (κ2) is 10.1. The molecule has 4 nitrogen and oxygen atoms in total. The highest BCUT2D eigenvalue weighted by Gasteiger charge is 2.19. The molecule has 0 aromatic rings. The Morgan fingerprint density at radius 1 is 1.12 bits per heavy atom. The van der Waals surface area contributed by atoms with Crippen molar-refractivity contribution >= 4 is 29.1 Å². The van der Waals surface area contributed by atoms with Gasteiger partial charge in [0.2, 0.25) is 0 Å². The van der Waals surface area contributed by atoms with Crippen LogP contribution in [0.4, 0.5) is 0 Å². The van der Waals surface area contributed by atoms with Crippen LogP contribution in [0.2, 0.25) is 0 Å². The second-order valence-corrected chi connectivity index (χ2v) is 4.12. The van der Waals surface area contributed by atoms with Gasteiger partial charge in [-0.25, -0.2) is 0 Å². The zero-order valence-corrected chi connectivity index (χ0v) is 11.3. The van der Waals surface area contributed by atoms with Crippen molar-refractivity contribution in [3.63, 3.8) is 0 Å². The molecule has 16 heavy (non-hydrogen) atoms. The topological polar surface area (TPSA) is 38.8 Å². The second-order valence-electron chi connectivity index (χ2n) is 3.02. The quantitative estimate of drug-likeness (QED) is 0.473. The highest BCUT2D eigenvalue weighted by atomic mass is 35.5.